The Morgan fingerprint density at radius 2 is 1.66 bits per heavy atom. The molecule has 0 aliphatic carbocycles. The fourth-order valence-corrected chi connectivity index (χ4v) is 4.05. The maximum absolute atomic E-state index is 15.3. The van der Waals surface area contributed by atoms with E-state index in [9.17, 15) is 22.8 Å². The predicted molar refractivity (Wildman–Crippen MR) is 134 cm³/mol. The van der Waals surface area contributed by atoms with Gasteiger partial charge in [-0.3, -0.25) is 4.79 Å². The summed E-state index contributed by atoms with van der Waals surface area (Å²) in [5, 5.41) is 3.97. The van der Waals surface area contributed by atoms with Crippen molar-refractivity contribution in [2.45, 2.75) is 51.2 Å². The molecule has 3 aromatic carbocycles. The Morgan fingerprint density at radius 3 is 2.26 bits per heavy atom. The molecular weight excluding hydrogens is 504 g/mol. The fraction of sp³-hybridized carbons (Fsp3) is 0.357. The van der Waals surface area contributed by atoms with Crippen LogP contribution in [0.25, 0.3) is 10.8 Å². The summed E-state index contributed by atoms with van der Waals surface area (Å²) < 4.78 is 64.8. The van der Waals surface area contributed by atoms with Gasteiger partial charge in [-0.1, -0.05) is 12.1 Å². The highest BCUT2D eigenvalue weighted by molar-refractivity contribution is 6.00. The lowest BCUT2D eigenvalue weighted by Crippen LogP contribution is -2.69. The van der Waals surface area contributed by atoms with Crippen LogP contribution in [0.3, 0.4) is 0 Å². The number of carbonyl (C=O) groups excluding carboxylic acids is 2. The summed E-state index contributed by atoms with van der Waals surface area (Å²) in [4.78, 5) is 26.2. The molecule has 1 fully saturated rings. The van der Waals surface area contributed by atoms with Crippen LogP contribution in [-0.2, 0) is 10.9 Å². The van der Waals surface area contributed by atoms with E-state index in [2.05, 4.69) is 5.32 Å². The molecule has 0 radical (unpaired) electrons. The Balaban J connectivity index is 1.42. The molecule has 202 valence electrons. The topological polar surface area (TPSA) is 67.9 Å². The third-order valence-corrected chi connectivity index (χ3v) is 6.19. The second-order valence-corrected chi connectivity index (χ2v) is 10.4. The normalized spacial score (nSPS) is 15.9. The van der Waals surface area contributed by atoms with Crippen LogP contribution in [0.15, 0.2) is 60.7 Å². The highest BCUT2D eigenvalue weighted by atomic mass is 19.4. The van der Waals surface area contributed by atoms with Crippen molar-refractivity contribution in [3.63, 3.8) is 0 Å². The largest absolute Gasteiger partial charge is 0.457 e. The van der Waals surface area contributed by atoms with Gasteiger partial charge in [0.15, 0.2) is 5.67 Å². The molecule has 0 spiro atoms. The molecule has 0 saturated carbocycles. The minimum absolute atomic E-state index is 0.189. The van der Waals surface area contributed by atoms with Crippen molar-refractivity contribution in [3.05, 3.63) is 71.8 Å². The number of likely N-dealkylation sites (tertiary alicyclic amines) is 1. The van der Waals surface area contributed by atoms with Gasteiger partial charge in [0.25, 0.3) is 5.91 Å². The first-order valence-corrected chi connectivity index (χ1v) is 12.0. The van der Waals surface area contributed by atoms with Crippen molar-refractivity contribution in [2.24, 2.45) is 0 Å². The van der Waals surface area contributed by atoms with Crippen LogP contribution < -0.4 is 10.1 Å². The lowest BCUT2D eigenvalue weighted by Gasteiger charge is -2.47. The first kappa shape index (κ1) is 27.2. The Labute approximate surface area is 217 Å². The summed E-state index contributed by atoms with van der Waals surface area (Å²) in [5.74, 6) is 0.151. The van der Waals surface area contributed by atoms with Crippen LogP contribution in [0.5, 0.6) is 11.5 Å². The first-order chi connectivity index (χ1) is 17.6. The first-order valence-electron chi connectivity index (χ1n) is 12.0. The third kappa shape index (κ3) is 6.00. The number of nitrogens with one attached hydrogen (secondary N) is 1. The van der Waals surface area contributed by atoms with E-state index in [1.165, 1.54) is 17.0 Å². The highest BCUT2D eigenvalue weighted by Crippen LogP contribution is 2.34. The lowest BCUT2D eigenvalue weighted by molar-refractivity contribution is -0.137. The van der Waals surface area contributed by atoms with E-state index in [1.807, 2.05) is 0 Å². The molecular formula is C28H28F4N2O4. The van der Waals surface area contributed by atoms with Gasteiger partial charge in [-0.25, -0.2) is 9.18 Å². The molecule has 1 aliphatic heterocycles. The van der Waals surface area contributed by atoms with Gasteiger partial charge in [0.2, 0.25) is 0 Å². The van der Waals surface area contributed by atoms with Crippen molar-refractivity contribution in [2.75, 3.05) is 13.1 Å². The maximum Gasteiger partial charge on any atom is 0.416 e. The zero-order valence-corrected chi connectivity index (χ0v) is 21.4. The van der Waals surface area contributed by atoms with Gasteiger partial charge in [-0.15, -0.1) is 0 Å². The number of fused-ring (bicyclic) bond motifs is 1. The van der Waals surface area contributed by atoms with Crippen LogP contribution >= 0.6 is 0 Å². The summed E-state index contributed by atoms with van der Waals surface area (Å²) in [6.07, 6.45) is -5.04. The van der Waals surface area contributed by atoms with Crippen molar-refractivity contribution in [1.82, 2.24) is 10.2 Å². The summed E-state index contributed by atoms with van der Waals surface area (Å²) >= 11 is 0. The van der Waals surface area contributed by atoms with E-state index < -0.39 is 41.1 Å². The average molecular weight is 533 g/mol. The molecule has 1 N–H and O–H groups in total. The van der Waals surface area contributed by atoms with Gasteiger partial charge in [-0.2, -0.15) is 13.2 Å². The molecule has 10 heteroatoms. The van der Waals surface area contributed by atoms with Crippen LogP contribution in [0.1, 0.15) is 43.6 Å². The Hall–Kier alpha value is -3.82. The Morgan fingerprint density at radius 1 is 1.00 bits per heavy atom. The van der Waals surface area contributed by atoms with Crippen molar-refractivity contribution < 1.29 is 36.6 Å². The van der Waals surface area contributed by atoms with E-state index in [4.69, 9.17) is 9.47 Å². The number of rotatable bonds is 5. The van der Waals surface area contributed by atoms with Crippen LogP contribution in [-0.4, -0.2) is 47.3 Å². The number of carbonyl (C=O) groups is 2. The highest BCUT2D eigenvalue weighted by Gasteiger charge is 2.51. The van der Waals surface area contributed by atoms with E-state index >= 15 is 4.39 Å². The number of hydrogen-bond acceptors (Lipinski definition) is 4. The van der Waals surface area contributed by atoms with Gasteiger partial charge in [0, 0.05) is 10.9 Å². The third-order valence-electron chi connectivity index (χ3n) is 6.19. The van der Waals surface area contributed by atoms with E-state index in [-0.39, 0.29) is 18.8 Å². The van der Waals surface area contributed by atoms with Crippen LogP contribution in [0.2, 0.25) is 0 Å². The number of benzene rings is 3. The molecule has 1 heterocycles. The van der Waals surface area contributed by atoms with E-state index in [0.717, 1.165) is 12.1 Å². The van der Waals surface area contributed by atoms with Gasteiger partial charge in [0.1, 0.15) is 17.1 Å². The summed E-state index contributed by atoms with van der Waals surface area (Å²) in [7, 11) is 0. The minimum Gasteiger partial charge on any atom is -0.457 e. The van der Waals surface area contributed by atoms with Crippen molar-refractivity contribution in [3.8, 4) is 11.5 Å². The lowest BCUT2D eigenvalue weighted by atomic mass is 9.89. The second kappa shape index (κ2) is 9.81. The zero-order chi connectivity index (χ0) is 27.9. The van der Waals surface area contributed by atoms with Gasteiger partial charge < -0.3 is 19.7 Å². The zero-order valence-electron chi connectivity index (χ0n) is 21.4. The van der Waals surface area contributed by atoms with E-state index in [1.54, 1.807) is 64.1 Å². The minimum atomic E-state index is -4.44. The summed E-state index contributed by atoms with van der Waals surface area (Å²) in [5.41, 5.74) is -2.96. The van der Waals surface area contributed by atoms with E-state index in [0.29, 0.717) is 22.1 Å². The molecule has 0 aromatic heterocycles. The predicted octanol–water partition coefficient (Wildman–Crippen LogP) is 6.73. The number of amides is 2. The Bertz CT molecular complexity index is 1340. The molecule has 1 saturated heterocycles. The molecule has 1 atom stereocenters. The molecule has 3 aromatic rings. The van der Waals surface area contributed by atoms with Gasteiger partial charge in [0.05, 0.1) is 24.7 Å². The summed E-state index contributed by atoms with van der Waals surface area (Å²) in [6.45, 7) is 6.34. The monoisotopic (exact) mass is 532 g/mol. The quantitative estimate of drug-likeness (QED) is 0.370. The molecule has 1 aliphatic rings. The average Bonchev–Trinajstić information content (AvgIpc) is 2.80. The Kier molecular flexibility index (Phi) is 7.03. The number of alkyl halides is 4. The molecule has 1 unspecified atom stereocenters. The SMILES string of the molecule is CC(NC(=O)c1ccc2c(Oc3ccc(C(F)(F)F)cc3)cccc2c1)C1(F)CN(C(=O)OC(C)(C)C)C1. The summed E-state index contributed by atoms with van der Waals surface area (Å²) in [6, 6.07) is 13.5. The standard InChI is InChI=1S/C28H28F4N2O4/c1-17(27(29)15-34(16-27)25(36)38-26(2,3)4)33-24(35)19-8-13-22-18(14-19)6-5-7-23(22)37-21-11-9-20(10-12-21)28(30,31)32/h5-14,17H,15-16H2,1-4H3,(H,33,35). The van der Waals surface area contributed by atoms with Crippen molar-refractivity contribution >= 4 is 22.8 Å². The van der Waals surface area contributed by atoms with Gasteiger partial charge >= 0.3 is 12.3 Å². The molecule has 2 amide bonds. The van der Waals surface area contributed by atoms with Gasteiger partial charge in [-0.05, 0) is 81.6 Å². The molecule has 4 rings (SSSR count). The maximum atomic E-state index is 15.3. The van der Waals surface area contributed by atoms with Crippen LogP contribution in [0, 0.1) is 0 Å². The molecule has 6 nitrogen and oxygen atoms in total. The van der Waals surface area contributed by atoms with Crippen molar-refractivity contribution in [1.29, 1.82) is 0 Å². The number of hydrogen-bond donors (Lipinski definition) is 1. The second-order valence-electron chi connectivity index (χ2n) is 10.4. The molecule has 38 heavy (non-hydrogen) atoms. The smallest absolute Gasteiger partial charge is 0.416 e. The van der Waals surface area contributed by atoms with Crippen LogP contribution in [0.4, 0.5) is 22.4 Å². The number of nitrogens with zero attached hydrogens (tertiary/aromatic N) is 1. The molecule has 0 bridgehead atoms. The number of ether oxygens (including phenoxy) is 2. The fourth-order valence-electron chi connectivity index (χ4n) is 4.05. The number of halogens is 4.